The topological polar surface area (TPSA) is 58.3 Å². The van der Waals surface area contributed by atoms with Crippen LogP contribution in [0.2, 0.25) is 5.02 Å². The third kappa shape index (κ3) is 3.63. The maximum absolute atomic E-state index is 10.1. The average molecular weight is 277 g/mol. The van der Waals surface area contributed by atoms with E-state index in [0.717, 1.165) is 11.3 Å². The molecule has 0 aliphatic carbocycles. The van der Waals surface area contributed by atoms with Gasteiger partial charge in [-0.1, -0.05) is 35.4 Å². The Hall–Kier alpha value is -1.71. The van der Waals surface area contributed by atoms with Crippen LogP contribution in [0, 0.1) is 6.92 Å². The molecule has 3 nitrogen and oxygen atoms in total. The molecule has 0 amide bonds. The van der Waals surface area contributed by atoms with Crippen LogP contribution in [0.1, 0.15) is 17.2 Å². The molecule has 0 spiro atoms. The highest BCUT2D eigenvalue weighted by Crippen LogP contribution is 2.23. The largest absolute Gasteiger partial charge is 0.398 e. The second-order valence-electron chi connectivity index (χ2n) is 4.54. The van der Waals surface area contributed by atoms with Gasteiger partial charge in [0.2, 0.25) is 0 Å². The van der Waals surface area contributed by atoms with Crippen molar-refractivity contribution < 1.29 is 5.11 Å². The number of hydrogen-bond acceptors (Lipinski definition) is 3. The van der Waals surface area contributed by atoms with Gasteiger partial charge in [0.25, 0.3) is 0 Å². The summed E-state index contributed by atoms with van der Waals surface area (Å²) in [6.45, 7) is 2.46. The number of rotatable bonds is 4. The monoisotopic (exact) mass is 276 g/mol. The molecule has 0 radical (unpaired) electrons. The van der Waals surface area contributed by atoms with Gasteiger partial charge in [0.05, 0.1) is 16.8 Å². The van der Waals surface area contributed by atoms with Crippen LogP contribution in [0.5, 0.6) is 0 Å². The lowest BCUT2D eigenvalue weighted by atomic mass is 10.1. The third-order valence-corrected chi connectivity index (χ3v) is 3.30. The fourth-order valence-corrected chi connectivity index (χ4v) is 1.89. The number of aliphatic hydroxyl groups excluding tert-OH is 1. The van der Waals surface area contributed by atoms with Crippen LogP contribution >= 0.6 is 11.6 Å². The lowest BCUT2D eigenvalue weighted by molar-refractivity contribution is 0.191. The van der Waals surface area contributed by atoms with Gasteiger partial charge in [0, 0.05) is 12.2 Å². The lowest BCUT2D eigenvalue weighted by Gasteiger charge is -2.14. The van der Waals surface area contributed by atoms with Crippen molar-refractivity contribution in [3.63, 3.8) is 0 Å². The summed E-state index contributed by atoms with van der Waals surface area (Å²) in [4.78, 5) is 0. The molecule has 4 N–H and O–H groups in total. The Kier molecular flexibility index (Phi) is 4.30. The molecule has 1 unspecified atom stereocenters. The van der Waals surface area contributed by atoms with Crippen molar-refractivity contribution in [2.45, 2.75) is 13.0 Å². The van der Waals surface area contributed by atoms with Gasteiger partial charge in [-0.15, -0.1) is 0 Å². The highest BCUT2D eigenvalue weighted by atomic mass is 35.5. The van der Waals surface area contributed by atoms with Crippen LogP contribution in [-0.2, 0) is 0 Å². The molecule has 0 bridgehead atoms. The molecule has 4 heteroatoms. The highest BCUT2D eigenvalue weighted by molar-refractivity contribution is 6.33. The molecule has 0 saturated carbocycles. The predicted molar refractivity (Wildman–Crippen MR) is 80.5 cm³/mol. The molecule has 0 saturated heterocycles. The fourth-order valence-electron chi connectivity index (χ4n) is 1.77. The van der Waals surface area contributed by atoms with Crippen molar-refractivity contribution in [1.29, 1.82) is 0 Å². The van der Waals surface area contributed by atoms with Crippen molar-refractivity contribution in [2.75, 3.05) is 17.6 Å². The van der Waals surface area contributed by atoms with Crippen molar-refractivity contribution in [3.8, 4) is 0 Å². The Morgan fingerprint density at radius 1 is 1.21 bits per heavy atom. The van der Waals surface area contributed by atoms with Gasteiger partial charge in [0.15, 0.2) is 0 Å². The molecule has 19 heavy (non-hydrogen) atoms. The summed E-state index contributed by atoms with van der Waals surface area (Å²) in [5.74, 6) is 0. The number of benzene rings is 2. The van der Waals surface area contributed by atoms with Gasteiger partial charge < -0.3 is 16.2 Å². The number of aliphatic hydroxyl groups is 1. The van der Waals surface area contributed by atoms with E-state index in [2.05, 4.69) is 5.32 Å². The van der Waals surface area contributed by atoms with E-state index < -0.39 is 6.10 Å². The predicted octanol–water partition coefficient (Wildman–Crippen LogP) is 3.38. The maximum atomic E-state index is 10.1. The second kappa shape index (κ2) is 5.95. The van der Waals surface area contributed by atoms with Gasteiger partial charge in [-0.3, -0.25) is 0 Å². The molecular weight excluding hydrogens is 260 g/mol. The summed E-state index contributed by atoms with van der Waals surface area (Å²) in [7, 11) is 0. The van der Waals surface area contributed by atoms with E-state index in [9.17, 15) is 5.11 Å². The Morgan fingerprint density at radius 2 is 1.89 bits per heavy atom. The number of hydrogen-bond donors (Lipinski definition) is 3. The van der Waals surface area contributed by atoms with E-state index in [0.29, 0.717) is 17.3 Å². The third-order valence-electron chi connectivity index (χ3n) is 2.96. The molecule has 0 aliphatic heterocycles. The molecule has 2 rings (SSSR count). The summed E-state index contributed by atoms with van der Waals surface area (Å²) in [6, 6.07) is 13.2. The normalized spacial score (nSPS) is 12.2. The van der Waals surface area contributed by atoms with Crippen LogP contribution in [-0.4, -0.2) is 11.7 Å². The van der Waals surface area contributed by atoms with Gasteiger partial charge >= 0.3 is 0 Å². The first-order valence-corrected chi connectivity index (χ1v) is 6.47. The molecule has 2 aromatic rings. The lowest BCUT2D eigenvalue weighted by Crippen LogP contribution is -2.12. The first kappa shape index (κ1) is 13.7. The van der Waals surface area contributed by atoms with Gasteiger partial charge in [-0.25, -0.2) is 0 Å². The zero-order valence-electron chi connectivity index (χ0n) is 10.7. The second-order valence-corrected chi connectivity index (χ2v) is 4.95. The molecule has 0 aliphatic rings. The first-order chi connectivity index (χ1) is 9.06. The van der Waals surface area contributed by atoms with Crippen LogP contribution in [0.25, 0.3) is 0 Å². The maximum Gasteiger partial charge on any atom is 0.0963 e. The minimum absolute atomic E-state index is 0.421. The summed E-state index contributed by atoms with van der Waals surface area (Å²) in [5.41, 5.74) is 9.13. The molecule has 0 aromatic heterocycles. The fraction of sp³-hybridized carbons (Fsp3) is 0.200. The van der Waals surface area contributed by atoms with E-state index in [-0.39, 0.29) is 0 Å². The van der Waals surface area contributed by atoms with Gasteiger partial charge in [0.1, 0.15) is 0 Å². The van der Waals surface area contributed by atoms with Gasteiger partial charge in [-0.2, -0.15) is 0 Å². The number of anilines is 2. The van der Waals surface area contributed by atoms with Crippen LogP contribution in [0.15, 0.2) is 42.5 Å². The van der Waals surface area contributed by atoms with Crippen LogP contribution in [0.3, 0.4) is 0 Å². The van der Waals surface area contributed by atoms with Crippen molar-refractivity contribution in [2.24, 2.45) is 0 Å². The van der Waals surface area contributed by atoms with Crippen molar-refractivity contribution in [1.82, 2.24) is 0 Å². The molecule has 100 valence electrons. The van der Waals surface area contributed by atoms with Crippen LogP contribution < -0.4 is 11.1 Å². The van der Waals surface area contributed by atoms with Crippen molar-refractivity contribution in [3.05, 3.63) is 58.6 Å². The summed E-state index contributed by atoms with van der Waals surface area (Å²) in [5, 5.41) is 13.8. The van der Waals surface area contributed by atoms with E-state index in [4.69, 9.17) is 17.3 Å². The number of nitrogens with two attached hydrogens (primary N) is 1. The highest BCUT2D eigenvalue weighted by Gasteiger charge is 2.08. The Labute approximate surface area is 118 Å². The standard InChI is InChI=1S/C15H17ClN2O/c1-10-2-5-12(6-3-10)18-9-15(19)11-4-7-13(16)14(17)8-11/h2-8,15,18-19H,9,17H2,1H3. The summed E-state index contributed by atoms with van der Waals surface area (Å²) >= 11 is 5.85. The Balaban J connectivity index is 1.98. The number of nitrogen functional groups attached to an aromatic ring is 1. The Bertz CT molecular complexity index is 555. The minimum Gasteiger partial charge on any atom is -0.398 e. The van der Waals surface area contributed by atoms with E-state index in [1.165, 1.54) is 5.56 Å². The van der Waals surface area contributed by atoms with Crippen LogP contribution in [0.4, 0.5) is 11.4 Å². The summed E-state index contributed by atoms with van der Waals surface area (Å²) < 4.78 is 0. The quantitative estimate of drug-likeness (QED) is 0.751. The minimum atomic E-state index is -0.624. The molecule has 1 atom stereocenters. The molecular formula is C15H17ClN2O. The molecule has 0 heterocycles. The number of nitrogens with one attached hydrogen (secondary N) is 1. The Morgan fingerprint density at radius 3 is 2.53 bits per heavy atom. The summed E-state index contributed by atoms with van der Waals surface area (Å²) in [6.07, 6.45) is -0.624. The SMILES string of the molecule is Cc1ccc(NCC(O)c2ccc(Cl)c(N)c2)cc1. The smallest absolute Gasteiger partial charge is 0.0963 e. The van der Waals surface area contributed by atoms with E-state index >= 15 is 0 Å². The number of aryl methyl sites for hydroxylation is 1. The van der Waals surface area contributed by atoms with E-state index in [1.54, 1.807) is 18.2 Å². The number of halogens is 1. The van der Waals surface area contributed by atoms with Gasteiger partial charge in [-0.05, 0) is 36.8 Å². The molecule has 2 aromatic carbocycles. The first-order valence-electron chi connectivity index (χ1n) is 6.10. The zero-order chi connectivity index (χ0) is 13.8. The van der Waals surface area contributed by atoms with E-state index in [1.807, 2.05) is 31.2 Å². The zero-order valence-corrected chi connectivity index (χ0v) is 11.5. The average Bonchev–Trinajstić information content (AvgIpc) is 2.41. The van der Waals surface area contributed by atoms with Crippen molar-refractivity contribution >= 4 is 23.0 Å². The molecule has 0 fully saturated rings.